The monoisotopic (exact) mass is 378 g/mol. The van der Waals surface area contributed by atoms with Crippen molar-refractivity contribution in [3.05, 3.63) is 30.7 Å². The van der Waals surface area contributed by atoms with E-state index in [1.807, 2.05) is 34.5 Å². The Balaban J connectivity index is 1.36. The van der Waals surface area contributed by atoms with E-state index >= 15 is 0 Å². The highest BCUT2D eigenvalue weighted by molar-refractivity contribution is 6.10. The van der Waals surface area contributed by atoms with Crippen LogP contribution < -0.4 is 4.90 Å². The molecule has 1 atom stereocenters. The molecule has 5 heterocycles. The molecule has 3 aromatic heterocycles. The van der Waals surface area contributed by atoms with Gasteiger partial charge in [-0.3, -0.25) is 0 Å². The number of amides is 2. The van der Waals surface area contributed by atoms with Crippen molar-refractivity contribution in [2.45, 2.75) is 19.8 Å². The van der Waals surface area contributed by atoms with Gasteiger partial charge in [0.1, 0.15) is 0 Å². The summed E-state index contributed by atoms with van der Waals surface area (Å²) in [5, 5.41) is 2.24. The van der Waals surface area contributed by atoms with Crippen molar-refractivity contribution in [1.29, 1.82) is 0 Å². The van der Waals surface area contributed by atoms with E-state index in [0.29, 0.717) is 5.92 Å². The maximum atomic E-state index is 12.9. The van der Waals surface area contributed by atoms with Crippen molar-refractivity contribution in [2.24, 2.45) is 5.92 Å². The summed E-state index contributed by atoms with van der Waals surface area (Å²) in [5.41, 5.74) is 2.98. The number of urea groups is 1. The lowest BCUT2D eigenvalue weighted by atomic mass is 10.0. The first-order valence-electron chi connectivity index (χ1n) is 10.2. The summed E-state index contributed by atoms with van der Waals surface area (Å²) < 4.78 is 0. The molecule has 7 nitrogen and oxygen atoms in total. The molecule has 5 rings (SSSR count). The fourth-order valence-electron chi connectivity index (χ4n) is 4.60. The molecule has 28 heavy (non-hydrogen) atoms. The van der Waals surface area contributed by atoms with Gasteiger partial charge in [-0.15, -0.1) is 0 Å². The zero-order valence-electron chi connectivity index (χ0n) is 16.3. The fraction of sp³-hybridized carbons (Fsp3) is 0.476. The summed E-state index contributed by atoms with van der Waals surface area (Å²) in [6, 6.07) is 4.36. The summed E-state index contributed by atoms with van der Waals surface area (Å²) in [6.07, 6.45) is 7.98. The number of aromatic amines is 1. The Hall–Kier alpha value is -2.83. The number of aromatic nitrogens is 3. The van der Waals surface area contributed by atoms with Crippen molar-refractivity contribution in [3.8, 4) is 0 Å². The third-order valence-corrected chi connectivity index (χ3v) is 6.09. The number of pyridine rings is 2. The van der Waals surface area contributed by atoms with Gasteiger partial charge in [0.25, 0.3) is 0 Å². The number of anilines is 1. The van der Waals surface area contributed by atoms with Gasteiger partial charge in [-0.1, -0.05) is 6.92 Å². The predicted molar refractivity (Wildman–Crippen MR) is 111 cm³/mol. The Labute approximate surface area is 164 Å². The Kier molecular flexibility index (Phi) is 4.30. The highest BCUT2D eigenvalue weighted by Crippen LogP contribution is 2.31. The molecular formula is C21H26N6O. The summed E-state index contributed by atoms with van der Waals surface area (Å²) in [6.45, 7) is 7.24. The molecular weight excluding hydrogens is 352 g/mol. The van der Waals surface area contributed by atoms with Crippen LogP contribution in [0.1, 0.15) is 19.8 Å². The predicted octanol–water partition coefficient (Wildman–Crippen LogP) is 3.09. The van der Waals surface area contributed by atoms with Crippen molar-refractivity contribution >= 4 is 33.7 Å². The van der Waals surface area contributed by atoms with Crippen LogP contribution in [-0.2, 0) is 0 Å². The fourth-order valence-corrected chi connectivity index (χ4v) is 4.60. The van der Waals surface area contributed by atoms with Crippen LogP contribution >= 0.6 is 0 Å². The maximum absolute atomic E-state index is 12.9. The zero-order valence-corrected chi connectivity index (χ0v) is 16.3. The van der Waals surface area contributed by atoms with Crippen LogP contribution in [0.25, 0.3) is 21.9 Å². The molecule has 7 heteroatoms. The molecule has 0 bridgehead atoms. The van der Waals surface area contributed by atoms with E-state index in [1.54, 1.807) is 0 Å². The molecule has 146 valence electrons. The van der Waals surface area contributed by atoms with Crippen molar-refractivity contribution in [1.82, 2.24) is 24.8 Å². The maximum Gasteiger partial charge on any atom is 0.320 e. The number of nitrogens with one attached hydrogen (secondary N) is 1. The van der Waals surface area contributed by atoms with Crippen LogP contribution in [0.5, 0.6) is 0 Å². The number of piperazine rings is 1. The molecule has 0 spiro atoms. The molecule has 2 aliphatic heterocycles. The van der Waals surface area contributed by atoms with Gasteiger partial charge in [-0.05, 0) is 30.9 Å². The number of hydrogen-bond acceptors (Lipinski definition) is 4. The van der Waals surface area contributed by atoms with Crippen molar-refractivity contribution < 1.29 is 4.79 Å². The Morgan fingerprint density at radius 2 is 1.96 bits per heavy atom. The van der Waals surface area contributed by atoms with Crippen LogP contribution in [0.15, 0.2) is 30.7 Å². The van der Waals surface area contributed by atoms with E-state index in [2.05, 4.69) is 32.8 Å². The molecule has 2 saturated heterocycles. The molecule has 0 radical (unpaired) electrons. The molecule has 2 aliphatic rings. The number of hydrogen-bond donors (Lipinski definition) is 1. The molecule has 1 unspecified atom stereocenters. The summed E-state index contributed by atoms with van der Waals surface area (Å²) in [7, 11) is 0. The number of rotatable bonds is 1. The van der Waals surface area contributed by atoms with Gasteiger partial charge in [0, 0.05) is 68.1 Å². The van der Waals surface area contributed by atoms with Gasteiger partial charge in [0.2, 0.25) is 0 Å². The Morgan fingerprint density at radius 1 is 1.11 bits per heavy atom. The standard InChI is InChI=1S/C21H26N6O/c1-15-3-2-8-27(14-15)21(28)26-11-9-25(10-12-26)18-5-7-22-17-13-24-20-16(19(17)18)4-6-23-20/h4-7,13,15,22H,2-3,8-12,14H2,1H3. The number of fused-ring (bicyclic) bond motifs is 3. The first kappa shape index (κ1) is 17.3. The van der Waals surface area contributed by atoms with Gasteiger partial charge in [0.15, 0.2) is 5.65 Å². The van der Waals surface area contributed by atoms with Crippen LogP contribution in [0.4, 0.5) is 10.5 Å². The number of carbonyl (C=O) groups is 1. The molecule has 3 aromatic rings. The molecule has 0 aromatic carbocycles. The second-order valence-electron chi connectivity index (χ2n) is 8.04. The zero-order chi connectivity index (χ0) is 19.1. The third-order valence-electron chi connectivity index (χ3n) is 6.09. The highest BCUT2D eigenvalue weighted by Gasteiger charge is 2.28. The topological polar surface area (TPSA) is 68.4 Å². The van der Waals surface area contributed by atoms with Crippen molar-refractivity contribution in [3.63, 3.8) is 0 Å². The van der Waals surface area contributed by atoms with Crippen LogP contribution in [0.3, 0.4) is 0 Å². The Morgan fingerprint density at radius 3 is 2.79 bits per heavy atom. The first-order valence-corrected chi connectivity index (χ1v) is 10.2. The summed E-state index contributed by atoms with van der Waals surface area (Å²) in [4.78, 5) is 31.4. The van der Waals surface area contributed by atoms with Gasteiger partial charge in [-0.2, -0.15) is 0 Å². The number of carbonyl (C=O) groups excluding carboxylic acids is 1. The third kappa shape index (κ3) is 2.95. The minimum absolute atomic E-state index is 0.212. The average molecular weight is 378 g/mol. The van der Waals surface area contributed by atoms with E-state index in [9.17, 15) is 4.79 Å². The number of H-pyrrole nitrogens is 1. The lowest BCUT2D eigenvalue weighted by Gasteiger charge is -2.40. The molecule has 1 N–H and O–H groups in total. The lowest BCUT2D eigenvalue weighted by molar-refractivity contribution is 0.129. The Bertz CT molecular complexity index is 1010. The van der Waals surface area contributed by atoms with Gasteiger partial charge >= 0.3 is 6.03 Å². The molecule has 0 saturated carbocycles. The number of nitrogens with zero attached hydrogens (tertiary/aromatic N) is 5. The minimum atomic E-state index is 0.212. The molecule has 2 fully saturated rings. The molecule has 2 amide bonds. The van der Waals surface area contributed by atoms with Crippen LogP contribution in [0, 0.1) is 5.92 Å². The van der Waals surface area contributed by atoms with Gasteiger partial charge in [0.05, 0.1) is 11.7 Å². The van der Waals surface area contributed by atoms with E-state index in [1.165, 1.54) is 12.1 Å². The summed E-state index contributed by atoms with van der Waals surface area (Å²) in [5.74, 6) is 0.611. The molecule has 0 aliphatic carbocycles. The van der Waals surface area contributed by atoms with Crippen molar-refractivity contribution in [2.75, 3.05) is 44.2 Å². The lowest BCUT2D eigenvalue weighted by Crippen LogP contribution is -2.54. The van der Waals surface area contributed by atoms with Crippen LogP contribution in [-0.4, -0.2) is 70.1 Å². The normalized spacial score (nSPS) is 20.9. The van der Waals surface area contributed by atoms with Gasteiger partial charge < -0.3 is 19.7 Å². The van der Waals surface area contributed by atoms with E-state index in [4.69, 9.17) is 0 Å². The second kappa shape index (κ2) is 6.96. The number of piperidine rings is 1. The van der Waals surface area contributed by atoms with E-state index in [-0.39, 0.29) is 6.03 Å². The number of likely N-dealkylation sites (tertiary alicyclic amines) is 1. The minimum Gasteiger partial charge on any atom is -0.367 e. The smallest absolute Gasteiger partial charge is 0.320 e. The average Bonchev–Trinajstić information content (AvgIpc) is 3.22. The quantitative estimate of drug-likeness (QED) is 0.707. The first-order chi connectivity index (χ1) is 13.7. The summed E-state index contributed by atoms with van der Waals surface area (Å²) >= 11 is 0. The van der Waals surface area contributed by atoms with E-state index < -0.39 is 0 Å². The second-order valence-corrected chi connectivity index (χ2v) is 8.04. The van der Waals surface area contributed by atoms with Crippen LogP contribution in [0.2, 0.25) is 0 Å². The highest BCUT2D eigenvalue weighted by atomic mass is 16.2. The largest absolute Gasteiger partial charge is 0.367 e. The van der Waals surface area contributed by atoms with E-state index in [0.717, 1.165) is 67.6 Å². The van der Waals surface area contributed by atoms with Gasteiger partial charge in [-0.25, -0.2) is 14.8 Å². The SMILES string of the molecule is CC1CCCN(C(=O)N2CCN(c3cc[nH]c4cnc5nccc5c34)CC2)C1.